The van der Waals surface area contributed by atoms with Gasteiger partial charge in [0, 0.05) is 11.2 Å². The lowest BCUT2D eigenvalue weighted by atomic mass is 10.1. The molecule has 2 saturated heterocycles. The first-order valence-corrected chi connectivity index (χ1v) is 28.7. The number of ether oxygens (including phenoxy) is 4. The zero-order valence-electron chi connectivity index (χ0n) is 43.3. The first kappa shape index (κ1) is 62.6. The Balaban J connectivity index is 0.000000219. The third-order valence-electron chi connectivity index (χ3n) is 11.4. The summed E-state index contributed by atoms with van der Waals surface area (Å²) in [4.78, 5) is 26.6. The fraction of sp³-hybridized carbons (Fsp3) is 0.321. The molecule has 2 fully saturated rings. The predicted molar refractivity (Wildman–Crippen MR) is 285 cm³/mol. The van der Waals surface area contributed by atoms with Gasteiger partial charge in [-0.3, -0.25) is 0 Å². The zero-order chi connectivity index (χ0) is 56.8. The van der Waals surface area contributed by atoms with Crippen molar-refractivity contribution >= 4 is 38.0 Å². The second-order valence-electron chi connectivity index (χ2n) is 16.8. The smallest absolute Gasteiger partial charge is 0.449 e. The van der Waals surface area contributed by atoms with Crippen LogP contribution in [0.3, 0.4) is 0 Å². The van der Waals surface area contributed by atoms with Crippen LogP contribution in [0.4, 0.5) is 17.6 Å². The summed E-state index contributed by atoms with van der Waals surface area (Å²) in [6.07, 6.45) is -10.3. The Morgan fingerprint density at radius 1 is 0.513 bits per heavy atom. The van der Waals surface area contributed by atoms with Crippen LogP contribution in [0, 0.1) is 0 Å². The fourth-order valence-electron chi connectivity index (χ4n) is 7.26. The van der Waals surface area contributed by atoms with Crippen molar-refractivity contribution in [1.82, 2.24) is 4.90 Å². The molecule has 8 rings (SSSR count). The van der Waals surface area contributed by atoms with E-state index in [-0.39, 0.29) is 35.5 Å². The van der Waals surface area contributed by atoms with Gasteiger partial charge in [-0.05, 0) is 105 Å². The Bertz CT molecular complexity index is 2710. The molecule has 6 aromatic rings. The zero-order valence-corrected chi connectivity index (χ0v) is 45.9. The summed E-state index contributed by atoms with van der Waals surface area (Å²) in [5.41, 5.74) is 0.280. The van der Waals surface area contributed by atoms with E-state index in [1.54, 1.807) is 135 Å². The maximum atomic E-state index is 15.4. The number of rotatable bonds is 19. The van der Waals surface area contributed by atoms with Crippen molar-refractivity contribution in [2.75, 3.05) is 19.6 Å². The van der Waals surface area contributed by atoms with E-state index in [1.165, 1.54) is 68.2 Å². The number of aliphatic hydroxyl groups is 1. The number of hydrogen-bond donors (Lipinski definition) is 1. The van der Waals surface area contributed by atoms with E-state index in [4.69, 9.17) is 57.9 Å². The monoisotopic (exact) mass is 1150 g/mol. The van der Waals surface area contributed by atoms with Crippen LogP contribution in [0.1, 0.15) is 68.2 Å². The van der Waals surface area contributed by atoms with Crippen molar-refractivity contribution in [3.05, 3.63) is 193 Å². The van der Waals surface area contributed by atoms with Crippen molar-refractivity contribution in [3.63, 3.8) is 0 Å². The first-order chi connectivity index (χ1) is 37.3. The van der Waals surface area contributed by atoms with E-state index in [1.807, 2.05) is 12.1 Å². The van der Waals surface area contributed by atoms with Crippen LogP contribution in [-0.4, -0.2) is 90.4 Å². The molecule has 22 heteroatoms. The highest BCUT2D eigenvalue weighted by Gasteiger charge is 2.64. The van der Waals surface area contributed by atoms with Gasteiger partial charge >= 0.3 is 38.6 Å². The Morgan fingerprint density at radius 3 is 1.14 bits per heavy atom. The van der Waals surface area contributed by atoms with Gasteiger partial charge in [0.15, 0.2) is 12.2 Å². The molecule has 2 aliphatic heterocycles. The number of carbonyl (C=O) groups excluding carboxylic acids is 2. The number of nitrogens with zero attached hydrogens (tertiary/aromatic N) is 1. The number of aliphatic hydroxyl groups excluding tert-OH is 1. The van der Waals surface area contributed by atoms with Gasteiger partial charge in [0.1, 0.15) is 35.2 Å². The number of para-hydroxylation sites is 4. The largest absolute Gasteiger partial charge is 0.590 e. The lowest BCUT2D eigenvalue weighted by molar-refractivity contribution is -0.198. The summed E-state index contributed by atoms with van der Waals surface area (Å²) in [6, 6.07) is 48.6. The lowest BCUT2D eigenvalue weighted by Gasteiger charge is -2.26. The van der Waals surface area contributed by atoms with Crippen LogP contribution in [-0.2, 0) is 32.6 Å². The summed E-state index contributed by atoms with van der Waals surface area (Å²) in [5.74, 6) is -8.31. The molecular weight excluding hydrogens is 1080 g/mol. The summed E-state index contributed by atoms with van der Waals surface area (Å²) in [5, 5.41) is 9.15. The highest BCUT2D eigenvalue weighted by molar-refractivity contribution is 7.82. The van der Waals surface area contributed by atoms with Crippen molar-refractivity contribution < 1.29 is 83.0 Å². The number of benzene rings is 6. The van der Waals surface area contributed by atoms with Gasteiger partial charge in [-0.25, -0.2) is 23.2 Å². The van der Waals surface area contributed by atoms with E-state index in [0.717, 1.165) is 0 Å². The van der Waals surface area contributed by atoms with Gasteiger partial charge in [-0.2, -0.15) is 17.6 Å². The second-order valence-corrected chi connectivity index (χ2v) is 20.7. The standard InChI is InChI=1S/C25H23F2O7P.C13H14F2O4.C12H10ClO3P.C6H15N/c1-2-21-22(31-23(28)18-12-6-3-7-13-18)25(26,27)24(30-21)34-35(29,32-19-14-8-4-9-15-19)33-20-16-10-5-11-17-20;1-2-9-10(13(14,15)12(17)18-9)19-11(16)8-6-4-3-5-7-8;13-17(14,15-11-7-3-1-4-8-11)16-12-9-5-2-6-10-12;1-4-7(5-2)6-3/h3-17,21-22,24H,2H2,1H3;3-7,9-10,12,17H,2H2,1H3;1-10H;4-6H2,1-3H3/t21-,22-,24?;9-,10-,12?;;/m11../s1. The van der Waals surface area contributed by atoms with Crippen molar-refractivity contribution in [2.45, 2.75) is 96.3 Å². The van der Waals surface area contributed by atoms with Crippen molar-refractivity contribution in [3.8, 4) is 23.0 Å². The van der Waals surface area contributed by atoms with E-state index >= 15 is 8.78 Å². The normalized spacial score (nSPS) is 19.9. The minimum Gasteiger partial charge on any atom is -0.449 e. The topological polar surface area (TPSA) is 175 Å². The van der Waals surface area contributed by atoms with Crippen LogP contribution in [0.15, 0.2) is 182 Å². The van der Waals surface area contributed by atoms with Crippen LogP contribution in [0.25, 0.3) is 0 Å². The van der Waals surface area contributed by atoms with Gasteiger partial charge in [0.25, 0.3) is 0 Å². The second kappa shape index (κ2) is 30.2. The molecule has 1 N–H and O–H groups in total. The summed E-state index contributed by atoms with van der Waals surface area (Å²) in [6.45, 7) is 9.66. The predicted octanol–water partition coefficient (Wildman–Crippen LogP) is 14.1. The number of alkyl halides is 4. The van der Waals surface area contributed by atoms with Crippen LogP contribution in [0.5, 0.6) is 23.0 Å². The van der Waals surface area contributed by atoms with Crippen molar-refractivity contribution in [2.24, 2.45) is 0 Å². The summed E-state index contributed by atoms with van der Waals surface area (Å²) < 4.78 is 130. The third-order valence-corrected chi connectivity index (χ3v) is 14.0. The van der Waals surface area contributed by atoms with E-state index < -0.39 is 75.6 Å². The SMILES string of the molecule is CCN(CC)CC.CC[C@H]1OC(O)C(F)(F)[C@@H]1OC(=O)c1ccccc1.CC[C@H]1OC(OP(=O)(Oc2ccccc2)Oc2ccccc2)C(F)(F)[C@@H]1OC(=O)c1ccccc1.O=P(Cl)(Oc1ccccc1)Oc1ccccc1. The fourth-order valence-corrected chi connectivity index (χ4v) is 9.83. The number of phosphoric acid groups is 1. The highest BCUT2D eigenvalue weighted by atomic mass is 35.7. The molecule has 6 aromatic carbocycles. The molecule has 0 saturated carbocycles. The molecule has 2 unspecified atom stereocenters. The average Bonchev–Trinajstić information content (AvgIpc) is 3.80. The molecule has 6 atom stereocenters. The molecular formula is C56H62ClF4NO14P2. The van der Waals surface area contributed by atoms with Crippen molar-refractivity contribution in [1.29, 1.82) is 0 Å². The summed E-state index contributed by atoms with van der Waals surface area (Å²) in [7, 11) is -4.69. The quantitative estimate of drug-likeness (QED) is 0.0460. The van der Waals surface area contributed by atoms with E-state index in [2.05, 4.69) is 25.7 Å². The molecule has 78 heavy (non-hydrogen) atoms. The Labute approximate surface area is 456 Å². The third kappa shape index (κ3) is 18.7. The maximum absolute atomic E-state index is 15.4. The highest BCUT2D eigenvalue weighted by Crippen LogP contribution is 2.55. The van der Waals surface area contributed by atoms with Crippen LogP contribution in [0.2, 0.25) is 0 Å². The van der Waals surface area contributed by atoms with Gasteiger partial charge in [0.05, 0.1) is 11.1 Å². The Morgan fingerprint density at radius 2 is 0.821 bits per heavy atom. The number of carbonyl (C=O) groups is 2. The molecule has 0 aromatic heterocycles. The van der Waals surface area contributed by atoms with Crippen LogP contribution < -0.4 is 18.1 Å². The van der Waals surface area contributed by atoms with Gasteiger partial charge in [-0.1, -0.05) is 144 Å². The number of phosphoric ester groups is 1. The molecule has 0 radical (unpaired) electrons. The first-order valence-electron chi connectivity index (χ1n) is 24.8. The molecule has 15 nitrogen and oxygen atoms in total. The average molecular weight is 1150 g/mol. The maximum Gasteiger partial charge on any atom is 0.590 e. The van der Waals surface area contributed by atoms with Gasteiger partial charge < -0.3 is 47.0 Å². The molecule has 0 amide bonds. The van der Waals surface area contributed by atoms with Crippen LogP contribution >= 0.6 is 26.0 Å². The Kier molecular flexibility index (Phi) is 24.2. The lowest BCUT2D eigenvalue weighted by Crippen LogP contribution is -2.44. The number of halogens is 5. The van der Waals surface area contributed by atoms with E-state index in [0.29, 0.717) is 11.5 Å². The molecule has 2 aliphatic rings. The minimum absolute atomic E-state index is 0.0750. The Hall–Kier alpha value is -6.27. The van der Waals surface area contributed by atoms with Gasteiger partial charge in [-0.15, -0.1) is 0 Å². The summed E-state index contributed by atoms with van der Waals surface area (Å²) >= 11 is 5.72. The minimum atomic E-state index is -4.69. The molecule has 0 aliphatic carbocycles. The molecule has 2 heterocycles. The molecule has 0 bridgehead atoms. The van der Waals surface area contributed by atoms with Gasteiger partial charge in [0.2, 0.25) is 12.6 Å². The molecule has 420 valence electrons. The molecule has 0 spiro atoms. The number of esters is 2. The van der Waals surface area contributed by atoms with E-state index in [9.17, 15) is 27.5 Å². The number of hydrogen-bond acceptors (Lipinski definition) is 15.